The number of aromatic nitrogens is 2. The number of nitrogens with zero attached hydrogens (tertiary/aromatic N) is 2. The molecule has 2 aromatic heterocycles. The van der Waals surface area contributed by atoms with Crippen LogP contribution >= 0.6 is 0 Å². The zero-order valence-corrected chi connectivity index (χ0v) is 19.2. The molecule has 2 heterocycles. The van der Waals surface area contributed by atoms with Crippen molar-refractivity contribution in [2.24, 2.45) is 0 Å². The summed E-state index contributed by atoms with van der Waals surface area (Å²) >= 11 is 0. The average Bonchev–Trinajstić information content (AvgIpc) is 3.25. The molecular formula is C27H29N3O3. The predicted octanol–water partition coefficient (Wildman–Crippen LogP) is 4.54. The van der Waals surface area contributed by atoms with Gasteiger partial charge in [0.25, 0.3) is 0 Å². The smallest absolute Gasteiger partial charge is 0.221 e. The van der Waals surface area contributed by atoms with Gasteiger partial charge >= 0.3 is 0 Å². The number of rotatable bonds is 9. The summed E-state index contributed by atoms with van der Waals surface area (Å²) in [5.41, 5.74) is 5.22. The van der Waals surface area contributed by atoms with E-state index in [0.717, 1.165) is 28.0 Å². The summed E-state index contributed by atoms with van der Waals surface area (Å²) in [5, 5.41) is 3.08. The number of pyridine rings is 1. The second kappa shape index (κ2) is 10.2. The Labute approximate surface area is 194 Å². The van der Waals surface area contributed by atoms with Crippen LogP contribution in [0.25, 0.3) is 5.65 Å². The molecular weight excluding hydrogens is 414 g/mol. The molecule has 1 atom stereocenters. The van der Waals surface area contributed by atoms with Gasteiger partial charge in [0.05, 0.1) is 19.9 Å². The van der Waals surface area contributed by atoms with Crippen LogP contribution in [0, 0.1) is 6.92 Å². The molecule has 0 fully saturated rings. The zero-order chi connectivity index (χ0) is 23.2. The lowest BCUT2D eigenvalue weighted by Crippen LogP contribution is -2.27. The van der Waals surface area contributed by atoms with Gasteiger partial charge in [-0.3, -0.25) is 4.79 Å². The maximum atomic E-state index is 12.9. The summed E-state index contributed by atoms with van der Waals surface area (Å²) in [6.45, 7) is 2.59. The Hall–Kier alpha value is -3.80. The van der Waals surface area contributed by atoms with Gasteiger partial charge in [-0.15, -0.1) is 0 Å². The predicted molar refractivity (Wildman–Crippen MR) is 129 cm³/mol. The minimum Gasteiger partial charge on any atom is -0.493 e. The number of carbonyl (C=O) groups excluding carboxylic acids is 1. The van der Waals surface area contributed by atoms with Gasteiger partial charge in [0.2, 0.25) is 5.91 Å². The van der Waals surface area contributed by atoms with E-state index in [-0.39, 0.29) is 11.8 Å². The van der Waals surface area contributed by atoms with E-state index in [1.807, 2.05) is 48.8 Å². The molecule has 4 rings (SSSR count). The molecule has 170 valence electrons. The number of methoxy groups -OCH3 is 2. The first-order valence-corrected chi connectivity index (χ1v) is 11.0. The number of nitrogens with one attached hydrogen (secondary N) is 1. The van der Waals surface area contributed by atoms with Crippen LogP contribution < -0.4 is 14.8 Å². The first-order chi connectivity index (χ1) is 16.1. The zero-order valence-electron chi connectivity index (χ0n) is 19.2. The minimum absolute atomic E-state index is 0.00592. The summed E-state index contributed by atoms with van der Waals surface area (Å²) < 4.78 is 12.7. The number of aryl methyl sites for hydroxylation is 1. The second-order valence-corrected chi connectivity index (χ2v) is 8.07. The first-order valence-electron chi connectivity index (χ1n) is 11.0. The van der Waals surface area contributed by atoms with Crippen molar-refractivity contribution >= 4 is 11.6 Å². The van der Waals surface area contributed by atoms with Gasteiger partial charge in [0, 0.05) is 31.3 Å². The number of ether oxygens (including phenoxy) is 2. The lowest BCUT2D eigenvalue weighted by Gasteiger charge is -2.17. The van der Waals surface area contributed by atoms with Crippen molar-refractivity contribution in [2.45, 2.75) is 25.7 Å². The van der Waals surface area contributed by atoms with Crippen LogP contribution in [0.5, 0.6) is 11.5 Å². The third-order valence-electron chi connectivity index (χ3n) is 5.83. The first kappa shape index (κ1) is 22.4. The summed E-state index contributed by atoms with van der Waals surface area (Å²) in [5.74, 6) is 1.30. The normalized spacial score (nSPS) is 11.8. The van der Waals surface area contributed by atoms with Crippen molar-refractivity contribution in [2.75, 3.05) is 20.8 Å². The topological polar surface area (TPSA) is 64.9 Å². The van der Waals surface area contributed by atoms with E-state index in [1.54, 1.807) is 14.2 Å². The highest BCUT2D eigenvalue weighted by atomic mass is 16.5. The molecule has 4 aromatic rings. The molecule has 1 N–H and O–H groups in total. The van der Waals surface area contributed by atoms with Crippen LogP contribution in [0.4, 0.5) is 0 Å². The highest BCUT2D eigenvalue weighted by Crippen LogP contribution is 2.29. The molecule has 6 heteroatoms. The minimum atomic E-state index is -0.0926. The lowest BCUT2D eigenvalue weighted by molar-refractivity contribution is -0.121. The Balaban J connectivity index is 1.47. The second-order valence-electron chi connectivity index (χ2n) is 8.07. The summed E-state index contributed by atoms with van der Waals surface area (Å²) in [6, 6.07) is 20.0. The van der Waals surface area contributed by atoms with Gasteiger partial charge in [-0.25, -0.2) is 4.98 Å². The monoisotopic (exact) mass is 443 g/mol. The standard InChI is InChI=1S/C27H29N3O3/c1-19-12-14-30-23(18-29-26(30)15-19)22(21-7-5-4-6-8-21)17-27(31)28-13-11-20-9-10-24(32-2)25(16-20)33-3/h4-10,12,14-16,18,22H,11,13,17H2,1-3H3,(H,28,31). The molecule has 0 aliphatic carbocycles. The van der Waals surface area contributed by atoms with E-state index in [0.29, 0.717) is 30.9 Å². The maximum absolute atomic E-state index is 12.9. The summed E-state index contributed by atoms with van der Waals surface area (Å²) in [7, 11) is 3.24. The Morgan fingerprint density at radius 1 is 1.03 bits per heavy atom. The Morgan fingerprint density at radius 2 is 1.82 bits per heavy atom. The van der Waals surface area contributed by atoms with Crippen molar-refractivity contribution in [3.8, 4) is 11.5 Å². The van der Waals surface area contributed by atoms with Gasteiger partial charge < -0.3 is 19.2 Å². The Morgan fingerprint density at radius 3 is 2.58 bits per heavy atom. The van der Waals surface area contributed by atoms with Crippen LogP contribution in [-0.4, -0.2) is 36.1 Å². The Bertz CT molecular complexity index is 1230. The molecule has 0 aliphatic rings. The molecule has 1 unspecified atom stereocenters. The lowest BCUT2D eigenvalue weighted by atomic mass is 9.92. The van der Waals surface area contributed by atoms with E-state index in [4.69, 9.17) is 9.47 Å². The highest BCUT2D eigenvalue weighted by Gasteiger charge is 2.21. The molecule has 1 amide bonds. The number of amides is 1. The average molecular weight is 444 g/mol. The van der Waals surface area contributed by atoms with E-state index in [2.05, 4.69) is 45.9 Å². The fourth-order valence-electron chi connectivity index (χ4n) is 4.08. The van der Waals surface area contributed by atoms with Gasteiger partial charge in [-0.1, -0.05) is 36.4 Å². The number of benzene rings is 2. The van der Waals surface area contributed by atoms with Crippen LogP contribution in [0.2, 0.25) is 0 Å². The number of imidazole rings is 1. The van der Waals surface area contributed by atoms with Crippen molar-refractivity contribution in [1.82, 2.24) is 14.7 Å². The highest BCUT2D eigenvalue weighted by molar-refractivity contribution is 5.77. The van der Waals surface area contributed by atoms with Gasteiger partial charge in [0.15, 0.2) is 11.5 Å². The van der Waals surface area contributed by atoms with Gasteiger partial charge in [0.1, 0.15) is 5.65 Å². The number of carbonyl (C=O) groups is 1. The number of fused-ring (bicyclic) bond motifs is 1. The van der Waals surface area contributed by atoms with Crippen LogP contribution in [0.3, 0.4) is 0 Å². The van der Waals surface area contributed by atoms with Gasteiger partial charge in [-0.05, 0) is 54.3 Å². The third-order valence-corrected chi connectivity index (χ3v) is 5.83. The fraction of sp³-hybridized carbons (Fsp3) is 0.259. The fourth-order valence-corrected chi connectivity index (χ4v) is 4.08. The molecule has 6 nitrogen and oxygen atoms in total. The SMILES string of the molecule is COc1ccc(CCNC(=O)CC(c2ccccc2)c2cnc3cc(C)ccn23)cc1OC. The molecule has 0 bridgehead atoms. The van der Waals surface area contributed by atoms with E-state index in [1.165, 1.54) is 0 Å². The molecule has 0 spiro atoms. The number of hydrogen-bond acceptors (Lipinski definition) is 4. The molecule has 0 saturated heterocycles. The van der Waals surface area contributed by atoms with Gasteiger partial charge in [-0.2, -0.15) is 0 Å². The van der Waals surface area contributed by atoms with Crippen molar-refractivity contribution in [3.63, 3.8) is 0 Å². The maximum Gasteiger partial charge on any atom is 0.221 e. The number of hydrogen-bond donors (Lipinski definition) is 1. The van der Waals surface area contributed by atoms with Crippen LogP contribution in [-0.2, 0) is 11.2 Å². The molecule has 33 heavy (non-hydrogen) atoms. The Kier molecular flexibility index (Phi) is 6.93. The molecule has 0 radical (unpaired) electrons. The van der Waals surface area contributed by atoms with Crippen molar-refractivity contribution < 1.29 is 14.3 Å². The van der Waals surface area contributed by atoms with Crippen molar-refractivity contribution in [1.29, 1.82) is 0 Å². The summed E-state index contributed by atoms with van der Waals surface area (Å²) in [4.78, 5) is 17.5. The molecule has 2 aromatic carbocycles. The van der Waals surface area contributed by atoms with Crippen LogP contribution in [0.15, 0.2) is 73.1 Å². The van der Waals surface area contributed by atoms with E-state index < -0.39 is 0 Å². The third kappa shape index (κ3) is 5.17. The molecule has 0 saturated carbocycles. The van der Waals surface area contributed by atoms with Crippen molar-refractivity contribution in [3.05, 3.63) is 95.4 Å². The van der Waals surface area contributed by atoms with E-state index >= 15 is 0 Å². The molecule has 0 aliphatic heterocycles. The summed E-state index contributed by atoms with van der Waals surface area (Å²) in [6.07, 6.45) is 4.95. The van der Waals surface area contributed by atoms with E-state index in [9.17, 15) is 4.79 Å². The van der Waals surface area contributed by atoms with Crippen LogP contribution in [0.1, 0.15) is 34.7 Å². The largest absolute Gasteiger partial charge is 0.493 e. The quantitative estimate of drug-likeness (QED) is 0.412.